The number of rotatable bonds is 3. The number of hydrogen-bond acceptors (Lipinski definition) is 4. The molecule has 2 N–H and O–H groups in total. The first-order valence-electron chi connectivity index (χ1n) is 7.51. The van der Waals surface area contributed by atoms with Gasteiger partial charge in [0.1, 0.15) is 10.8 Å². The SMILES string of the molecule is CCc1nc(C2(N)CCCc3ccc(OC)cc32)sc1C. The first-order valence-corrected chi connectivity index (χ1v) is 8.33. The number of ether oxygens (including phenoxy) is 1. The molecular formula is C17H22N2OS. The number of aromatic nitrogens is 1. The van der Waals surface area contributed by atoms with Crippen LogP contribution in [0.15, 0.2) is 18.2 Å². The second-order valence-electron chi connectivity index (χ2n) is 5.72. The number of aryl methyl sites for hydroxylation is 3. The molecule has 1 aliphatic carbocycles. The lowest BCUT2D eigenvalue weighted by Crippen LogP contribution is -2.41. The van der Waals surface area contributed by atoms with Gasteiger partial charge in [-0.3, -0.25) is 0 Å². The van der Waals surface area contributed by atoms with Gasteiger partial charge in [-0.15, -0.1) is 11.3 Å². The van der Waals surface area contributed by atoms with Crippen molar-refractivity contribution in [1.82, 2.24) is 4.98 Å². The van der Waals surface area contributed by atoms with Crippen molar-refractivity contribution in [2.75, 3.05) is 7.11 Å². The van der Waals surface area contributed by atoms with E-state index in [0.717, 1.165) is 36.4 Å². The fourth-order valence-electron chi connectivity index (χ4n) is 3.18. The number of hydrogen-bond donors (Lipinski definition) is 1. The number of nitrogens with zero attached hydrogens (tertiary/aromatic N) is 1. The molecule has 112 valence electrons. The summed E-state index contributed by atoms with van der Waals surface area (Å²) < 4.78 is 5.39. The van der Waals surface area contributed by atoms with E-state index in [0.29, 0.717) is 0 Å². The number of fused-ring (bicyclic) bond motifs is 1. The van der Waals surface area contributed by atoms with Crippen molar-refractivity contribution in [3.63, 3.8) is 0 Å². The Morgan fingerprint density at radius 3 is 2.90 bits per heavy atom. The summed E-state index contributed by atoms with van der Waals surface area (Å²) in [6.45, 7) is 4.28. The molecule has 0 aliphatic heterocycles. The van der Waals surface area contributed by atoms with Crippen molar-refractivity contribution in [2.24, 2.45) is 5.73 Å². The maximum atomic E-state index is 6.84. The van der Waals surface area contributed by atoms with Crippen molar-refractivity contribution in [1.29, 1.82) is 0 Å². The number of benzene rings is 1. The van der Waals surface area contributed by atoms with Crippen LogP contribution >= 0.6 is 11.3 Å². The van der Waals surface area contributed by atoms with Gasteiger partial charge in [0.15, 0.2) is 0 Å². The molecule has 3 nitrogen and oxygen atoms in total. The highest BCUT2D eigenvalue weighted by Crippen LogP contribution is 2.42. The van der Waals surface area contributed by atoms with Gasteiger partial charge in [0, 0.05) is 4.88 Å². The molecule has 1 aromatic heterocycles. The highest BCUT2D eigenvalue weighted by molar-refractivity contribution is 7.11. The summed E-state index contributed by atoms with van der Waals surface area (Å²) in [6, 6.07) is 6.27. The molecule has 1 atom stereocenters. The average Bonchev–Trinajstić information content (AvgIpc) is 2.89. The molecule has 0 radical (unpaired) electrons. The molecule has 0 amide bonds. The van der Waals surface area contributed by atoms with Crippen LogP contribution in [0, 0.1) is 6.92 Å². The van der Waals surface area contributed by atoms with E-state index in [1.807, 2.05) is 6.07 Å². The van der Waals surface area contributed by atoms with E-state index in [9.17, 15) is 0 Å². The Balaban J connectivity index is 2.13. The minimum Gasteiger partial charge on any atom is -0.497 e. The molecule has 2 aromatic rings. The second kappa shape index (κ2) is 5.43. The predicted molar refractivity (Wildman–Crippen MR) is 87.1 cm³/mol. The molecule has 0 saturated heterocycles. The van der Waals surface area contributed by atoms with Crippen molar-refractivity contribution in [3.8, 4) is 5.75 Å². The molecule has 1 heterocycles. The third kappa shape index (κ3) is 2.36. The number of methoxy groups -OCH3 is 1. The van der Waals surface area contributed by atoms with E-state index < -0.39 is 5.54 Å². The van der Waals surface area contributed by atoms with Crippen molar-refractivity contribution >= 4 is 11.3 Å². The summed E-state index contributed by atoms with van der Waals surface area (Å²) in [6.07, 6.45) is 4.10. The monoisotopic (exact) mass is 302 g/mol. The minimum atomic E-state index is -0.467. The molecule has 3 rings (SSSR count). The molecule has 0 spiro atoms. The molecule has 0 saturated carbocycles. The molecule has 1 unspecified atom stereocenters. The maximum Gasteiger partial charge on any atom is 0.119 e. The van der Waals surface area contributed by atoms with Crippen LogP contribution in [-0.4, -0.2) is 12.1 Å². The van der Waals surface area contributed by atoms with Crippen molar-refractivity contribution < 1.29 is 4.74 Å². The average molecular weight is 302 g/mol. The van der Waals surface area contributed by atoms with Crippen LogP contribution in [0.4, 0.5) is 0 Å². The Labute approximate surface area is 130 Å². The van der Waals surface area contributed by atoms with Crippen molar-refractivity contribution in [3.05, 3.63) is 44.9 Å². The lowest BCUT2D eigenvalue weighted by atomic mass is 9.77. The topological polar surface area (TPSA) is 48.1 Å². The molecule has 0 fully saturated rings. The second-order valence-corrected chi connectivity index (χ2v) is 6.93. The van der Waals surface area contributed by atoms with Gasteiger partial charge >= 0.3 is 0 Å². The first-order chi connectivity index (χ1) is 10.1. The van der Waals surface area contributed by atoms with Crippen LogP contribution in [0.25, 0.3) is 0 Å². The highest BCUT2D eigenvalue weighted by Gasteiger charge is 2.37. The Hall–Kier alpha value is -1.39. The lowest BCUT2D eigenvalue weighted by molar-refractivity contribution is 0.404. The largest absolute Gasteiger partial charge is 0.497 e. The van der Waals surface area contributed by atoms with Gasteiger partial charge in [-0.05, 0) is 55.9 Å². The van der Waals surface area contributed by atoms with Crippen LogP contribution in [0.1, 0.15) is 46.5 Å². The van der Waals surface area contributed by atoms with Gasteiger partial charge in [-0.1, -0.05) is 13.0 Å². The van der Waals surface area contributed by atoms with E-state index in [4.69, 9.17) is 15.5 Å². The van der Waals surface area contributed by atoms with Crippen LogP contribution in [-0.2, 0) is 18.4 Å². The van der Waals surface area contributed by atoms with E-state index in [2.05, 4.69) is 26.0 Å². The molecular weight excluding hydrogens is 280 g/mol. The lowest BCUT2D eigenvalue weighted by Gasteiger charge is -2.34. The Morgan fingerprint density at radius 1 is 1.43 bits per heavy atom. The fraction of sp³-hybridized carbons (Fsp3) is 0.471. The molecule has 1 aliphatic rings. The zero-order valence-electron chi connectivity index (χ0n) is 12.9. The normalized spacial score (nSPS) is 21.1. The van der Waals surface area contributed by atoms with Gasteiger partial charge in [0.05, 0.1) is 18.3 Å². The van der Waals surface area contributed by atoms with Crippen LogP contribution in [0.2, 0.25) is 0 Å². The summed E-state index contributed by atoms with van der Waals surface area (Å²) in [5, 5.41) is 1.05. The third-order valence-electron chi connectivity index (χ3n) is 4.42. The first kappa shape index (κ1) is 14.5. The minimum absolute atomic E-state index is 0.467. The van der Waals surface area contributed by atoms with E-state index in [1.165, 1.54) is 21.7 Å². The van der Waals surface area contributed by atoms with E-state index in [1.54, 1.807) is 18.4 Å². The molecule has 1 aromatic carbocycles. The summed E-state index contributed by atoms with van der Waals surface area (Å²) in [5.41, 5.74) is 10.1. The summed E-state index contributed by atoms with van der Waals surface area (Å²) in [5.74, 6) is 0.870. The zero-order chi connectivity index (χ0) is 15.0. The van der Waals surface area contributed by atoms with Crippen molar-refractivity contribution in [2.45, 2.75) is 45.1 Å². The third-order valence-corrected chi connectivity index (χ3v) is 5.61. The molecule has 21 heavy (non-hydrogen) atoms. The molecule has 4 heteroatoms. The van der Waals surface area contributed by atoms with Gasteiger partial charge in [-0.25, -0.2) is 4.98 Å². The smallest absolute Gasteiger partial charge is 0.119 e. The van der Waals surface area contributed by atoms with Gasteiger partial charge < -0.3 is 10.5 Å². The number of nitrogens with two attached hydrogens (primary N) is 1. The van der Waals surface area contributed by atoms with Crippen LogP contribution in [0.3, 0.4) is 0 Å². The Kier molecular flexibility index (Phi) is 3.76. The van der Waals surface area contributed by atoms with Crippen LogP contribution in [0.5, 0.6) is 5.75 Å². The number of thiazole rings is 1. The fourth-order valence-corrected chi connectivity index (χ4v) is 4.32. The Bertz CT molecular complexity index is 665. The predicted octanol–water partition coefficient (Wildman–Crippen LogP) is 3.56. The van der Waals surface area contributed by atoms with Gasteiger partial charge in [0.2, 0.25) is 0 Å². The van der Waals surface area contributed by atoms with E-state index >= 15 is 0 Å². The van der Waals surface area contributed by atoms with Gasteiger partial charge in [-0.2, -0.15) is 0 Å². The zero-order valence-corrected chi connectivity index (χ0v) is 13.7. The van der Waals surface area contributed by atoms with Gasteiger partial charge in [0.25, 0.3) is 0 Å². The van der Waals surface area contributed by atoms with Crippen LogP contribution < -0.4 is 10.5 Å². The standard InChI is InChI=1S/C17H22N2OS/c1-4-15-11(2)21-16(19-15)17(18)9-5-6-12-7-8-13(20-3)10-14(12)17/h7-8,10H,4-6,9,18H2,1-3H3. The molecule has 0 bridgehead atoms. The maximum absolute atomic E-state index is 6.84. The summed E-state index contributed by atoms with van der Waals surface area (Å²) >= 11 is 1.74. The Morgan fingerprint density at radius 2 is 2.24 bits per heavy atom. The highest BCUT2D eigenvalue weighted by atomic mass is 32.1. The summed E-state index contributed by atoms with van der Waals surface area (Å²) in [4.78, 5) is 6.12. The quantitative estimate of drug-likeness (QED) is 0.943. The van der Waals surface area contributed by atoms with E-state index in [-0.39, 0.29) is 0 Å². The summed E-state index contributed by atoms with van der Waals surface area (Å²) in [7, 11) is 1.70.